The van der Waals surface area contributed by atoms with Crippen LogP contribution in [0.4, 0.5) is 0 Å². The van der Waals surface area contributed by atoms with Crippen LogP contribution in [-0.4, -0.2) is 16.3 Å². The Morgan fingerprint density at radius 3 is 2.69 bits per heavy atom. The lowest BCUT2D eigenvalue weighted by atomic mass is 10.1. The lowest BCUT2D eigenvalue weighted by Crippen LogP contribution is -1.97. The van der Waals surface area contributed by atoms with Gasteiger partial charge in [-0.2, -0.15) is 0 Å². The Morgan fingerprint density at radius 2 is 2.15 bits per heavy atom. The average Bonchev–Trinajstić information content (AvgIpc) is 2.04. The molecule has 0 rings (SSSR count). The Morgan fingerprint density at radius 1 is 1.46 bits per heavy atom. The van der Waals surface area contributed by atoms with Crippen molar-refractivity contribution >= 4 is 0 Å². The Labute approximate surface area is 81.3 Å². The summed E-state index contributed by atoms with van der Waals surface area (Å²) in [5, 5.41) is 18.3. The van der Waals surface area contributed by atoms with E-state index in [4.69, 9.17) is 5.11 Å². The normalized spacial score (nSPS) is 14.5. The average molecular weight is 185 g/mol. The molecule has 0 fully saturated rings. The summed E-state index contributed by atoms with van der Waals surface area (Å²) in [7, 11) is 0. The maximum atomic E-state index is 9.35. The van der Waals surface area contributed by atoms with E-state index >= 15 is 0 Å². The van der Waals surface area contributed by atoms with Gasteiger partial charge in [-0.15, -0.1) is 0 Å². The molecule has 0 bridgehead atoms. The van der Waals surface area contributed by atoms with Crippen molar-refractivity contribution in [3.63, 3.8) is 0 Å². The molecule has 0 aliphatic rings. The second-order valence-corrected chi connectivity index (χ2v) is 3.43. The van der Waals surface area contributed by atoms with Crippen LogP contribution in [0.5, 0.6) is 0 Å². The van der Waals surface area contributed by atoms with Gasteiger partial charge in [-0.1, -0.05) is 19.8 Å². The fraction of sp³-hybridized carbons (Fsp3) is 0.727. The SMILES string of the molecule is [CH2]CCCCC(O)=CCCC(C)O. The molecular weight excluding hydrogens is 164 g/mol. The highest BCUT2D eigenvalue weighted by Crippen LogP contribution is 2.08. The van der Waals surface area contributed by atoms with E-state index in [2.05, 4.69) is 6.92 Å². The van der Waals surface area contributed by atoms with Gasteiger partial charge >= 0.3 is 0 Å². The molecule has 13 heavy (non-hydrogen) atoms. The van der Waals surface area contributed by atoms with Crippen LogP contribution in [0.1, 0.15) is 45.4 Å². The molecule has 2 N–H and O–H groups in total. The third-order valence-electron chi connectivity index (χ3n) is 1.90. The summed E-state index contributed by atoms with van der Waals surface area (Å²) in [5.41, 5.74) is 0. The smallest absolute Gasteiger partial charge is 0.0882 e. The molecule has 0 amide bonds. The van der Waals surface area contributed by atoms with Gasteiger partial charge in [0.15, 0.2) is 0 Å². The third-order valence-corrected chi connectivity index (χ3v) is 1.90. The quantitative estimate of drug-likeness (QED) is 0.473. The van der Waals surface area contributed by atoms with E-state index in [9.17, 15) is 5.11 Å². The van der Waals surface area contributed by atoms with Crippen LogP contribution in [-0.2, 0) is 0 Å². The molecule has 1 unspecified atom stereocenters. The minimum Gasteiger partial charge on any atom is -0.513 e. The number of hydrogen-bond donors (Lipinski definition) is 2. The van der Waals surface area contributed by atoms with Gasteiger partial charge in [-0.3, -0.25) is 0 Å². The zero-order valence-electron chi connectivity index (χ0n) is 8.50. The summed E-state index contributed by atoms with van der Waals surface area (Å²) < 4.78 is 0. The number of aliphatic hydroxyl groups is 2. The monoisotopic (exact) mass is 185 g/mol. The largest absolute Gasteiger partial charge is 0.513 e. The summed E-state index contributed by atoms with van der Waals surface area (Å²) >= 11 is 0. The lowest BCUT2D eigenvalue weighted by Gasteiger charge is -2.01. The minimum absolute atomic E-state index is 0.274. The van der Waals surface area contributed by atoms with Gasteiger partial charge in [0.2, 0.25) is 0 Å². The van der Waals surface area contributed by atoms with E-state index in [1.165, 1.54) is 0 Å². The molecular formula is C11H21O2. The van der Waals surface area contributed by atoms with E-state index in [-0.39, 0.29) is 6.10 Å². The summed E-state index contributed by atoms with van der Waals surface area (Å²) in [6.07, 6.45) is 6.75. The summed E-state index contributed by atoms with van der Waals surface area (Å²) in [5.74, 6) is 0.453. The maximum Gasteiger partial charge on any atom is 0.0882 e. The second-order valence-electron chi connectivity index (χ2n) is 3.43. The molecule has 0 aliphatic carbocycles. The fourth-order valence-electron chi connectivity index (χ4n) is 1.08. The molecule has 0 heterocycles. The second kappa shape index (κ2) is 8.11. The molecule has 2 nitrogen and oxygen atoms in total. The number of allylic oxidation sites excluding steroid dienone is 2. The van der Waals surface area contributed by atoms with Crippen molar-refractivity contribution in [3.8, 4) is 0 Å². The predicted octanol–water partition coefficient (Wildman–Crippen LogP) is 2.98. The highest BCUT2D eigenvalue weighted by Gasteiger charge is 1.95. The van der Waals surface area contributed by atoms with Gasteiger partial charge in [0.1, 0.15) is 0 Å². The topological polar surface area (TPSA) is 40.5 Å². The first-order chi connectivity index (χ1) is 6.16. The lowest BCUT2D eigenvalue weighted by molar-refractivity contribution is 0.185. The van der Waals surface area contributed by atoms with Crippen molar-refractivity contribution in [1.82, 2.24) is 0 Å². The minimum atomic E-state index is -0.274. The van der Waals surface area contributed by atoms with Crippen molar-refractivity contribution in [3.05, 3.63) is 18.8 Å². The summed E-state index contributed by atoms with van der Waals surface area (Å²) in [4.78, 5) is 0. The van der Waals surface area contributed by atoms with Gasteiger partial charge in [0.05, 0.1) is 11.9 Å². The first kappa shape index (κ1) is 12.5. The van der Waals surface area contributed by atoms with Crippen molar-refractivity contribution in [2.24, 2.45) is 0 Å². The van der Waals surface area contributed by atoms with E-state index < -0.39 is 0 Å². The molecule has 0 aliphatic heterocycles. The predicted molar refractivity (Wildman–Crippen MR) is 55.5 cm³/mol. The fourth-order valence-corrected chi connectivity index (χ4v) is 1.08. The standard InChI is InChI=1S/C11H21O2/c1-3-4-5-8-11(13)9-6-7-10(2)12/h9-10,12-13H,1,3-8H2,2H3. The molecule has 0 aromatic rings. The van der Waals surface area contributed by atoms with Crippen LogP contribution >= 0.6 is 0 Å². The van der Waals surface area contributed by atoms with Crippen molar-refractivity contribution in [1.29, 1.82) is 0 Å². The van der Waals surface area contributed by atoms with E-state index in [0.717, 1.165) is 38.5 Å². The highest BCUT2D eigenvalue weighted by molar-refractivity contribution is 4.90. The first-order valence-corrected chi connectivity index (χ1v) is 5.02. The van der Waals surface area contributed by atoms with Crippen LogP contribution in [0.15, 0.2) is 11.8 Å². The molecule has 1 atom stereocenters. The van der Waals surface area contributed by atoms with E-state index in [1.54, 1.807) is 13.0 Å². The highest BCUT2D eigenvalue weighted by atomic mass is 16.3. The zero-order chi connectivity index (χ0) is 10.1. The number of rotatable bonds is 7. The Balaban J connectivity index is 3.39. The van der Waals surface area contributed by atoms with Gasteiger partial charge in [-0.05, 0) is 32.3 Å². The van der Waals surface area contributed by atoms with E-state index in [0.29, 0.717) is 5.76 Å². The van der Waals surface area contributed by atoms with Crippen LogP contribution in [0.2, 0.25) is 0 Å². The number of unbranched alkanes of at least 4 members (excludes halogenated alkanes) is 2. The summed E-state index contributed by atoms with van der Waals surface area (Å²) in [6, 6.07) is 0. The van der Waals surface area contributed by atoms with Gasteiger partial charge in [-0.25, -0.2) is 0 Å². The molecule has 0 aromatic heterocycles. The van der Waals surface area contributed by atoms with Gasteiger partial charge in [0, 0.05) is 6.42 Å². The molecule has 1 radical (unpaired) electrons. The van der Waals surface area contributed by atoms with Gasteiger partial charge in [0.25, 0.3) is 0 Å². The number of hydrogen-bond acceptors (Lipinski definition) is 2. The Bertz CT molecular complexity index is 139. The molecule has 0 saturated heterocycles. The first-order valence-electron chi connectivity index (χ1n) is 5.02. The molecule has 0 spiro atoms. The van der Waals surface area contributed by atoms with Crippen molar-refractivity contribution < 1.29 is 10.2 Å². The maximum absolute atomic E-state index is 9.35. The van der Waals surface area contributed by atoms with Crippen LogP contribution in [0, 0.1) is 6.92 Å². The Hall–Kier alpha value is -0.500. The summed E-state index contributed by atoms with van der Waals surface area (Å²) in [6.45, 7) is 5.49. The van der Waals surface area contributed by atoms with Gasteiger partial charge < -0.3 is 10.2 Å². The molecule has 0 saturated carbocycles. The van der Waals surface area contributed by atoms with Crippen molar-refractivity contribution in [2.45, 2.75) is 51.6 Å². The molecule has 0 aromatic carbocycles. The zero-order valence-corrected chi connectivity index (χ0v) is 8.50. The molecule has 77 valence electrons. The van der Waals surface area contributed by atoms with Crippen LogP contribution in [0.25, 0.3) is 0 Å². The van der Waals surface area contributed by atoms with Crippen LogP contribution in [0.3, 0.4) is 0 Å². The van der Waals surface area contributed by atoms with Crippen molar-refractivity contribution in [2.75, 3.05) is 0 Å². The number of aliphatic hydroxyl groups excluding tert-OH is 2. The van der Waals surface area contributed by atoms with Crippen LogP contribution < -0.4 is 0 Å². The van der Waals surface area contributed by atoms with E-state index in [1.807, 2.05) is 0 Å². The Kier molecular flexibility index (Phi) is 7.80. The third kappa shape index (κ3) is 9.41. The molecule has 2 heteroatoms.